The highest BCUT2D eigenvalue weighted by Crippen LogP contribution is 2.35. The van der Waals surface area contributed by atoms with Gasteiger partial charge in [-0.05, 0) is 50.0 Å². The van der Waals surface area contributed by atoms with E-state index in [1.807, 2.05) is 24.3 Å². The Balaban J connectivity index is 1.78. The highest BCUT2D eigenvalue weighted by molar-refractivity contribution is 9.10. The predicted molar refractivity (Wildman–Crippen MR) is 85.9 cm³/mol. The standard InChI is InChI=1S/C16H14BrN3O/c17-9-5-6-12-10(7-9)11(16(21)20-12)8-15-18-13-3-1-2-4-14(13)19-15/h5-8H,1-4H2,(H,18,19)(H,20,21). The first-order valence-corrected chi connectivity index (χ1v) is 7.91. The summed E-state index contributed by atoms with van der Waals surface area (Å²) in [7, 11) is 0. The van der Waals surface area contributed by atoms with Crippen LogP contribution in [-0.2, 0) is 17.6 Å². The van der Waals surface area contributed by atoms with Gasteiger partial charge in [0.2, 0.25) is 0 Å². The second-order valence-corrected chi connectivity index (χ2v) is 6.37. The predicted octanol–water partition coefficient (Wildman–Crippen LogP) is 3.54. The summed E-state index contributed by atoms with van der Waals surface area (Å²) < 4.78 is 0.961. The van der Waals surface area contributed by atoms with Crippen LogP contribution in [0.4, 0.5) is 5.69 Å². The van der Waals surface area contributed by atoms with E-state index in [1.165, 1.54) is 18.5 Å². The van der Waals surface area contributed by atoms with Crippen molar-refractivity contribution in [3.63, 3.8) is 0 Å². The number of amides is 1. The highest BCUT2D eigenvalue weighted by atomic mass is 79.9. The van der Waals surface area contributed by atoms with Gasteiger partial charge >= 0.3 is 0 Å². The van der Waals surface area contributed by atoms with Gasteiger partial charge < -0.3 is 10.3 Å². The number of aromatic amines is 1. The van der Waals surface area contributed by atoms with E-state index < -0.39 is 0 Å². The molecule has 0 radical (unpaired) electrons. The Morgan fingerprint density at radius 1 is 1.24 bits per heavy atom. The van der Waals surface area contributed by atoms with Crippen molar-refractivity contribution in [2.24, 2.45) is 0 Å². The van der Waals surface area contributed by atoms with Gasteiger partial charge in [-0.2, -0.15) is 0 Å². The maximum atomic E-state index is 12.2. The van der Waals surface area contributed by atoms with Gasteiger partial charge in [0.1, 0.15) is 5.82 Å². The van der Waals surface area contributed by atoms with E-state index in [-0.39, 0.29) is 5.91 Å². The number of anilines is 1. The van der Waals surface area contributed by atoms with Crippen molar-refractivity contribution in [1.29, 1.82) is 0 Å². The first-order valence-electron chi connectivity index (χ1n) is 7.11. The molecule has 0 unspecified atom stereocenters. The summed E-state index contributed by atoms with van der Waals surface area (Å²) >= 11 is 3.45. The van der Waals surface area contributed by atoms with Gasteiger partial charge in [-0.3, -0.25) is 4.79 Å². The lowest BCUT2D eigenvalue weighted by atomic mass is 10.0. The average molecular weight is 344 g/mol. The lowest BCUT2D eigenvalue weighted by Crippen LogP contribution is -2.03. The monoisotopic (exact) mass is 343 g/mol. The Morgan fingerprint density at radius 2 is 2.10 bits per heavy atom. The van der Waals surface area contributed by atoms with E-state index in [9.17, 15) is 4.79 Å². The minimum atomic E-state index is -0.0718. The maximum Gasteiger partial charge on any atom is 0.256 e. The number of nitrogens with one attached hydrogen (secondary N) is 2. The third kappa shape index (κ3) is 2.21. The zero-order valence-corrected chi connectivity index (χ0v) is 13.0. The summed E-state index contributed by atoms with van der Waals surface area (Å²) in [5.41, 5.74) is 4.81. The van der Waals surface area contributed by atoms with E-state index >= 15 is 0 Å². The van der Waals surface area contributed by atoms with Crippen LogP contribution in [0.3, 0.4) is 0 Å². The molecule has 1 amide bonds. The molecule has 1 aromatic heterocycles. The lowest BCUT2D eigenvalue weighted by molar-refractivity contribution is -0.110. The summed E-state index contributed by atoms with van der Waals surface area (Å²) in [5, 5.41) is 2.89. The third-order valence-corrected chi connectivity index (χ3v) is 4.51. The smallest absolute Gasteiger partial charge is 0.256 e. The van der Waals surface area contributed by atoms with Gasteiger partial charge in [0.25, 0.3) is 5.91 Å². The maximum absolute atomic E-state index is 12.2. The van der Waals surface area contributed by atoms with Crippen LogP contribution in [-0.4, -0.2) is 15.9 Å². The minimum Gasteiger partial charge on any atom is -0.342 e. The molecule has 106 valence electrons. The number of aromatic nitrogens is 2. The molecule has 1 aliphatic carbocycles. The molecule has 5 heteroatoms. The van der Waals surface area contributed by atoms with E-state index in [0.29, 0.717) is 5.57 Å². The van der Waals surface area contributed by atoms with Gasteiger partial charge in [-0.1, -0.05) is 15.9 Å². The normalized spacial score (nSPS) is 18.5. The number of carbonyl (C=O) groups is 1. The van der Waals surface area contributed by atoms with Crippen molar-refractivity contribution >= 4 is 39.2 Å². The number of nitrogens with zero attached hydrogens (tertiary/aromatic N) is 1. The van der Waals surface area contributed by atoms with Crippen LogP contribution in [0.2, 0.25) is 0 Å². The molecular weight excluding hydrogens is 330 g/mol. The fourth-order valence-electron chi connectivity index (χ4n) is 2.98. The third-order valence-electron chi connectivity index (χ3n) is 4.02. The molecule has 0 saturated carbocycles. The van der Waals surface area contributed by atoms with Crippen LogP contribution in [0.25, 0.3) is 11.6 Å². The van der Waals surface area contributed by atoms with Crippen LogP contribution in [0.1, 0.15) is 35.6 Å². The Morgan fingerprint density at radius 3 is 2.95 bits per heavy atom. The fraction of sp³-hybridized carbons (Fsp3) is 0.250. The summed E-state index contributed by atoms with van der Waals surface area (Å²) in [5.74, 6) is 0.706. The second kappa shape index (κ2) is 4.84. The first kappa shape index (κ1) is 12.8. The molecule has 0 atom stereocenters. The van der Waals surface area contributed by atoms with Crippen LogP contribution in [0.15, 0.2) is 22.7 Å². The number of aryl methyl sites for hydroxylation is 2. The first-order chi connectivity index (χ1) is 10.2. The summed E-state index contributed by atoms with van der Waals surface area (Å²) in [6.45, 7) is 0. The molecule has 2 aromatic rings. The second-order valence-electron chi connectivity index (χ2n) is 5.46. The van der Waals surface area contributed by atoms with Crippen molar-refractivity contribution in [1.82, 2.24) is 9.97 Å². The highest BCUT2D eigenvalue weighted by Gasteiger charge is 2.25. The van der Waals surface area contributed by atoms with Gasteiger partial charge in [0, 0.05) is 21.4 Å². The van der Waals surface area contributed by atoms with Crippen LogP contribution < -0.4 is 5.32 Å². The number of imidazole rings is 1. The number of carbonyl (C=O) groups excluding carboxylic acids is 1. The molecule has 21 heavy (non-hydrogen) atoms. The minimum absolute atomic E-state index is 0.0718. The quantitative estimate of drug-likeness (QED) is 0.778. The molecule has 0 bridgehead atoms. The Hall–Kier alpha value is -1.88. The number of fused-ring (bicyclic) bond motifs is 2. The molecule has 4 rings (SSSR count). The fourth-order valence-corrected chi connectivity index (χ4v) is 3.35. The van der Waals surface area contributed by atoms with Gasteiger partial charge in [-0.25, -0.2) is 4.98 Å². The Bertz CT molecular complexity index is 752. The van der Waals surface area contributed by atoms with Gasteiger partial charge in [-0.15, -0.1) is 0 Å². The SMILES string of the molecule is O=C1Nc2ccc(Br)cc2C1=Cc1nc2c([nH]1)CCCC2. The van der Waals surface area contributed by atoms with Crippen molar-refractivity contribution in [3.05, 3.63) is 45.4 Å². The molecule has 2 heterocycles. The van der Waals surface area contributed by atoms with E-state index in [2.05, 4.69) is 31.2 Å². The van der Waals surface area contributed by atoms with E-state index in [1.54, 1.807) is 0 Å². The lowest BCUT2D eigenvalue weighted by Gasteiger charge is -2.07. The number of benzene rings is 1. The summed E-state index contributed by atoms with van der Waals surface area (Å²) in [4.78, 5) is 20.1. The number of hydrogen-bond donors (Lipinski definition) is 2. The summed E-state index contributed by atoms with van der Waals surface area (Å²) in [6, 6.07) is 5.79. The van der Waals surface area contributed by atoms with Crippen LogP contribution >= 0.6 is 15.9 Å². The molecule has 1 aliphatic heterocycles. The number of rotatable bonds is 1. The van der Waals surface area contributed by atoms with Crippen molar-refractivity contribution in [2.45, 2.75) is 25.7 Å². The number of hydrogen-bond acceptors (Lipinski definition) is 2. The molecule has 4 nitrogen and oxygen atoms in total. The topological polar surface area (TPSA) is 57.8 Å². The Labute approximate surface area is 130 Å². The number of halogens is 1. The largest absolute Gasteiger partial charge is 0.342 e. The van der Waals surface area contributed by atoms with Crippen LogP contribution in [0, 0.1) is 0 Å². The molecule has 0 fully saturated rings. The van der Waals surface area contributed by atoms with Gasteiger partial charge in [0.05, 0.1) is 11.3 Å². The van der Waals surface area contributed by atoms with Crippen molar-refractivity contribution in [3.8, 4) is 0 Å². The summed E-state index contributed by atoms with van der Waals surface area (Å²) in [6.07, 6.45) is 6.35. The molecule has 1 aromatic carbocycles. The molecule has 2 N–H and O–H groups in total. The molecule has 0 saturated heterocycles. The average Bonchev–Trinajstić information content (AvgIpc) is 3.01. The van der Waals surface area contributed by atoms with Crippen LogP contribution in [0.5, 0.6) is 0 Å². The van der Waals surface area contributed by atoms with E-state index in [0.717, 1.165) is 40.1 Å². The molecular formula is C16H14BrN3O. The Kier molecular flexibility index (Phi) is 2.96. The zero-order chi connectivity index (χ0) is 14.4. The van der Waals surface area contributed by atoms with Crippen molar-refractivity contribution < 1.29 is 4.79 Å². The number of H-pyrrole nitrogens is 1. The zero-order valence-electron chi connectivity index (χ0n) is 11.4. The van der Waals surface area contributed by atoms with E-state index in [4.69, 9.17) is 0 Å². The molecule has 0 spiro atoms. The molecule has 2 aliphatic rings. The van der Waals surface area contributed by atoms with Crippen molar-refractivity contribution in [2.75, 3.05) is 5.32 Å². The van der Waals surface area contributed by atoms with Gasteiger partial charge in [0.15, 0.2) is 0 Å².